The molecule has 0 fully saturated rings. The van der Waals surface area contributed by atoms with Crippen LogP contribution in [-0.4, -0.2) is 48.7 Å². The van der Waals surface area contributed by atoms with Gasteiger partial charge >= 0.3 is 0 Å². The van der Waals surface area contributed by atoms with Gasteiger partial charge in [-0.15, -0.1) is 0 Å². The van der Waals surface area contributed by atoms with E-state index in [-0.39, 0.29) is 18.6 Å². The first kappa shape index (κ1) is 20.4. The maximum absolute atomic E-state index is 12.3. The molecular weight excluding hydrogens is 366 g/mol. The summed E-state index contributed by atoms with van der Waals surface area (Å²) in [6.07, 6.45) is 4.05. The van der Waals surface area contributed by atoms with E-state index in [1.165, 1.54) is 7.11 Å². The van der Waals surface area contributed by atoms with Crippen LogP contribution < -0.4 is 10.2 Å². The highest BCUT2D eigenvalue weighted by Gasteiger charge is 2.20. The SMILES string of the molecule is COCC(=O)N[C@@H](Cc1ccccc1)c1cc(N(C)C)nc(-c2cccnc2)n1. The minimum Gasteiger partial charge on any atom is -0.375 e. The van der Waals surface area contributed by atoms with Gasteiger partial charge in [0.2, 0.25) is 5.91 Å². The van der Waals surface area contributed by atoms with Gasteiger partial charge in [0.25, 0.3) is 0 Å². The van der Waals surface area contributed by atoms with Crippen molar-refractivity contribution >= 4 is 11.7 Å². The number of ether oxygens (including phenoxy) is 1. The topological polar surface area (TPSA) is 80.2 Å². The van der Waals surface area contributed by atoms with Gasteiger partial charge in [-0.2, -0.15) is 0 Å². The van der Waals surface area contributed by atoms with E-state index in [9.17, 15) is 4.79 Å². The summed E-state index contributed by atoms with van der Waals surface area (Å²) in [5.41, 5.74) is 2.65. The standard InChI is InChI=1S/C22H25N5O2/c1-27(2)20-13-19(25-22(26-20)17-10-7-11-23-14-17)18(24-21(28)15-29-3)12-16-8-5-4-6-9-16/h4-11,13-14,18H,12,15H2,1-3H3,(H,24,28)/t18-/m0/s1. The molecular formula is C22H25N5O2. The second-order valence-corrected chi connectivity index (χ2v) is 6.85. The number of anilines is 1. The molecule has 1 atom stereocenters. The average Bonchev–Trinajstić information content (AvgIpc) is 2.74. The smallest absolute Gasteiger partial charge is 0.246 e. The molecule has 29 heavy (non-hydrogen) atoms. The zero-order valence-corrected chi connectivity index (χ0v) is 16.9. The molecule has 1 amide bonds. The highest BCUT2D eigenvalue weighted by molar-refractivity contribution is 5.77. The van der Waals surface area contributed by atoms with Gasteiger partial charge < -0.3 is 15.0 Å². The molecule has 0 saturated carbocycles. The molecule has 3 aromatic rings. The van der Waals surface area contributed by atoms with Crippen molar-refractivity contribution in [2.45, 2.75) is 12.5 Å². The van der Waals surface area contributed by atoms with Crippen LogP contribution in [-0.2, 0) is 16.0 Å². The van der Waals surface area contributed by atoms with E-state index >= 15 is 0 Å². The van der Waals surface area contributed by atoms with Gasteiger partial charge in [-0.1, -0.05) is 30.3 Å². The van der Waals surface area contributed by atoms with Crippen molar-refractivity contribution in [1.29, 1.82) is 0 Å². The highest BCUT2D eigenvalue weighted by atomic mass is 16.5. The van der Waals surface area contributed by atoms with Crippen molar-refractivity contribution in [3.05, 3.63) is 72.2 Å². The Morgan fingerprint density at radius 2 is 1.93 bits per heavy atom. The fourth-order valence-corrected chi connectivity index (χ4v) is 2.93. The van der Waals surface area contributed by atoms with Gasteiger partial charge in [-0.3, -0.25) is 9.78 Å². The van der Waals surface area contributed by atoms with Crippen LogP contribution in [0, 0.1) is 0 Å². The number of hydrogen-bond acceptors (Lipinski definition) is 6. The van der Waals surface area contributed by atoms with Crippen LogP contribution in [0.1, 0.15) is 17.3 Å². The van der Waals surface area contributed by atoms with Gasteiger partial charge in [0.15, 0.2) is 5.82 Å². The summed E-state index contributed by atoms with van der Waals surface area (Å²) in [5.74, 6) is 1.13. The van der Waals surface area contributed by atoms with E-state index in [1.807, 2.05) is 67.5 Å². The van der Waals surface area contributed by atoms with Crippen LogP contribution in [0.2, 0.25) is 0 Å². The Morgan fingerprint density at radius 3 is 2.59 bits per heavy atom. The van der Waals surface area contributed by atoms with Crippen molar-refractivity contribution in [3.8, 4) is 11.4 Å². The molecule has 0 radical (unpaired) electrons. The molecule has 0 bridgehead atoms. The van der Waals surface area contributed by atoms with Crippen LogP contribution in [0.5, 0.6) is 0 Å². The number of carbonyl (C=O) groups is 1. The zero-order valence-electron chi connectivity index (χ0n) is 16.9. The molecule has 2 aromatic heterocycles. The van der Waals surface area contributed by atoms with E-state index in [2.05, 4.69) is 15.3 Å². The summed E-state index contributed by atoms with van der Waals surface area (Å²) in [5, 5.41) is 3.04. The van der Waals surface area contributed by atoms with Crippen molar-refractivity contribution in [3.63, 3.8) is 0 Å². The van der Waals surface area contributed by atoms with Crippen LogP contribution in [0.15, 0.2) is 60.9 Å². The van der Waals surface area contributed by atoms with Crippen molar-refractivity contribution in [1.82, 2.24) is 20.3 Å². The monoisotopic (exact) mass is 391 g/mol. The normalized spacial score (nSPS) is 11.7. The lowest BCUT2D eigenvalue weighted by Gasteiger charge is -2.21. The van der Waals surface area contributed by atoms with Gasteiger partial charge in [-0.25, -0.2) is 9.97 Å². The van der Waals surface area contributed by atoms with Crippen LogP contribution >= 0.6 is 0 Å². The molecule has 150 valence electrons. The maximum atomic E-state index is 12.3. The Bertz CT molecular complexity index is 932. The summed E-state index contributed by atoms with van der Waals surface area (Å²) < 4.78 is 4.98. The summed E-state index contributed by atoms with van der Waals surface area (Å²) >= 11 is 0. The summed E-state index contributed by atoms with van der Waals surface area (Å²) in [6.45, 7) is -0.00757. The van der Waals surface area contributed by atoms with E-state index in [0.717, 1.165) is 22.6 Å². The largest absolute Gasteiger partial charge is 0.375 e. The number of methoxy groups -OCH3 is 1. The summed E-state index contributed by atoms with van der Waals surface area (Å²) in [6, 6.07) is 15.3. The third kappa shape index (κ3) is 5.58. The first-order chi connectivity index (χ1) is 14.1. The second-order valence-electron chi connectivity index (χ2n) is 6.85. The maximum Gasteiger partial charge on any atom is 0.246 e. The van der Waals surface area contributed by atoms with E-state index < -0.39 is 0 Å². The lowest BCUT2D eigenvalue weighted by Crippen LogP contribution is -2.33. The Balaban J connectivity index is 2.02. The zero-order chi connectivity index (χ0) is 20.6. The van der Waals surface area contributed by atoms with Gasteiger partial charge in [0.05, 0.1) is 11.7 Å². The predicted molar refractivity (Wildman–Crippen MR) is 112 cm³/mol. The van der Waals surface area contributed by atoms with Crippen molar-refractivity contribution in [2.75, 3.05) is 32.7 Å². The van der Waals surface area contributed by atoms with Gasteiger partial charge in [-0.05, 0) is 24.1 Å². The molecule has 1 N–H and O–H groups in total. The Kier molecular flexibility index (Phi) is 6.86. The number of aromatic nitrogens is 3. The van der Waals surface area contributed by atoms with E-state index in [0.29, 0.717) is 12.2 Å². The van der Waals surface area contributed by atoms with E-state index in [4.69, 9.17) is 9.72 Å². The number of carbonyl (C=O) groups excluding carboxylic acids is 1. The molecule has 2 heterocycles. The van der Waals surface area contributed by atoms with Crippen LogP contribution in [0.3, 0.4) is 0 Å². The number of hydrogen-bond donors (Lipinski definition) is 1. The molecule has 0 aliphatic rings. The Morgan fingerprint density at radius 1 is 1.14 bits per heavy atom. The highest BCUT2D eigenvalue weighted by Crippen LogP contribution is 2.24. The lowest BCUT2D eigenvalue weighted by molar-refractivity contribution is -0.125. The number of rotatable bonds is 8. The molecule has 0 unspecified atom stereocenters. The first-order valence-corrected chi connectivity index (χ1v) is 9.35. The molecule has 7 nitrogen and oxygen atoms in total. The molecule has 0 spiro atoms. The minimum absolute atomic E-state index is 0.00757. The number of benzene rings is 1. The van der Waals surface area contributed by atoms with Crippen LogP contribution in [0.4, 0.5) is 5.82 Å². The number of amides is 1. The average molecular weight is 391 g/mol. The Hall–Kier alpha value is -3.32. The molecule has 0 aliphatic carbocycles. The molecule has 0 aliphatic heterocycles. The third-order valence-electron chi connectivity index (χ3n) is 4.36. The summed E-state index contributed by atoms with van der Waals surface area (Å²) in [7, 11) is 5.35. The number of pyridine rings is 1. The third-order valence-corrected chi connectivity index (χ3v) is 4.36. The van der Waals surface area contributed by atoms with Crippen molar-refractivity contribution in [2.24, 2.45) is 0 Å². The fourth-order valence-electron chi connectivity index (χ4n) is 2.93. The minimum atomic E-state index is -0.322. The fraction of sp³-hybridized carbons (Fsp3) is 0.273. The van der Waals surface area contributed by atoms with Crippen LogP contribution in [0.25, 0.3) is 11.4 Å². The first-order valence-electron chi connectivity index (χ1n) is 9.35. The van der Waals surface area contributed by atoms with Gasteiger partial charge in [0, 0.05) is 45.2 Å². The molecule has 3 rings (SSSR count). The second kappa shape index (κ2) is 9.75. The number of nitrogens with one attached hydrogen (secondary N) is 1. The number of nitrogens with zero attached hydrogens (tertiary/aromatic N) is 4. The molecule has 1 aromatic carbocycles. The van der Waals surface area contributed by atoms with E-state index in [1.54, 1.807) is 12.4 Å². The Labute approximate surface area is 170 Å². The van der Waals surface area contributed by atoms with Gasteiger partial charge in [0.1, 0.15) is 12.4 Å². The predicted octanol–water partition coefficient (Wildman–Crippen LogP) is 2.65. The lowest BCUT2D eigenvalue weighted by atomic mass is 10.0. The molecule has 0 saturated heterocycles. The molecule has 7 heteroatoms. The van der Waals surface area contributed by atoms with Crippen molar-refractivity contribution < 1.29 is 9.53 Å². The summed E-state index contributed by atoms with van der Waals surface area (Å²) in [4.78, 5) is 27.8. The quantitative estimate of drug-likeness (QED) is 0.636.